The number of esters is 1. The Morgan fingerprint density at radius 3 is 2.35 bits per heavy atom. The van der Waals surface area contributed by atoms with Gasteiger partial charge in [0.25, 0.3) is 0 Å². The molecule has 1 saturated heterocycles. The molecule has 0 aromatic rings. The molecule has 0 amide bonds. The molecule has 14 nitrogen and oxygen atoms in total. The molecule has 14 heteroatoms. The topological polar surface area (TPSA) is 233 Å². The number of aliphatic hydroxyl groups is 7. The third kappa shape index (κ3) is 6.83. The fourth-order valence-electron chi connectivity index (χ4n) is 5.72. The van der Waals surface area contributed by atoms with Gasteiger partial charge in [0.15, 0.2) is 6.29 Å². The number of carboxylic acids is 1. The lowest BCUT2D eigenvalue weighted by atomic mass is 9.82. The van der Waals surface area contributed by atoms with Crippen LogP contribution in [0, 0.1) is 29.6 Å². The van der Waals surface area contributed by atoms with Crippen LogP contribution in [0.1, 0.15) is 26.7 Å². The van der Waals surface area contributed by atoms with Crippen molar-refractivity contribution in [3.05, 3.63) is 23.5 Å². The van der Waals surface area contributed by atoms with Gasteiger partial charge in [-0.05, 0) is 25.2 Å². The number of carboxylic acid groups (broad SMARTS) is 1. The first-order valence-electron chi connectivity index (χ1n) is 13.2. The third-order valence-corrected chi connectivity index (χ3v) is 8.28. The van der Waals surface area contributed by atoms with Gasteiger partial charge in [-0.1, -0.05) is 13.0 Å². The molecular weight excluding hydrogens is 536 g/mol. The molecule has 3 aliphatic rings. The molecule has 0 bridgehead atoms. The van der Waals surface area contributed by atoms with Crippen molar-refractivity contribution in [3.63, 3.8) is 0 Å². The van der Waals surface area contributed by atoms with E-state index in [1.807, 2.05) is 0 Å². The van der Waals surface area contributed by atoms with E-state index in [2.05, 4.69) is 0 Å². The normalized spacial score (nSPS) is 39.2. The Bertz CT molecular complexity index is 930. The molecule has 228 valence electrons. The number of aliphatic hydroxyl groups excluding tert-OH is 7. The van der Waals surface area contributed by atoms with Gasteiger partial charge in [-0.25, -0.2) is 4.79 Å². The molecule has 1 saturated carbocycles. The summed E-state index contributed by atoms with van der Waals surface area (Å²) < 4.78 is 21.9. The van der Waals surface area contributed by atoms with Crippen LogP contribution >= 0.6 is 0 Å². The first kappa shape index (κ1) is 32.4. The smallest absolute Gasteiger partial charge is 0.335 e. The lowest BCUT2D eigenvalue weighted by Crippen LogP contribution is -2.60. The summed E-state index contributed by atoms with van der Waals surface area (Å²) in [7, 11) is 0. The number of ether oxygens (including phenoxy) is 4. The maximum absolute atomic E-state index is 12.9. The minimum Gasteiger partial charge on any atom is -0.478 e. The SMILES string of the molecule is CC=C1C(OC2OC(CO)C(O)C(O)C2O)OC=C(C(=O)O)C1CC(=O)OCC1C(C)C(O)CC1C(CO)CO. The van der Waals surface area contributed by atoms with Crippen molar-refractivity contribution in [3.8, 4) is 0 Å². The molecule has 1 aliphatic carbocycles. The summed E-state index contributed by atoms with van der Waals surface area (Å²) >= 11 is 0. The minimum absolute atomic E-state index is 0.108. The Hall–Kier alpha value is -2.14. The number of allylic oxidation sites excluding steroid dienone is 1. The van der Waals surface area contributed by atoms with Crippen LogP contribution in [0.5, 0.6) is 0 Å². The van der Waals surface area contributed by atoms with E-state index in [-0.39, 0.29) is 48.7 Å². The second-order valence-electron chi connectivity index (χ2n) is 10.5. The van der Waals surface area contributed by atoms with Crippen LogP contribution in [-0.4, -0.2) is 122 Å². The molecule has 0 aromatic heterocycles. The van der Waals surface area contributed by atoms with Gasteiger partial charge in [-0.3, -0.25) is 4.79 Å². The van der Waals surface area contributed by atoms with Gasteiger partial charge in [0.05, 0.1) is 37.6 Å². The Morgan fingerprint density at radius 2 is 1.77 bits per heavy atom. The first-order valence-corrected chi connectivity index (χ1v) is 13.2. The molecule has 0 aromatic carbocycles. The fraction of sp³-hybridized carbons (Fsp3) is 0.769. The molecule has 3 rings (SSSR count). The highest BCUT2D eigenvalue weighted by atomic mass is 16.8. The van der Waals surface area contributed by atoms with Crippen molar-refractivity contribution in [1.82, 2.24) is 0 Å². The van der Waals surface area contributed by atoms with E-state index in [1.165, 1.54) is 6.08 Å². The van der Waals surface area contributed by atoms with Crippen LogP contribution in [0.15, 0.2) is 23.5 Å². The van der Waals surface area contributed by atoms with E-state index in [1.54, 1.807) is 13.8 Å². The van der Waals surface area contributed by atoms with Gasteiger partial charge in [-0.15, -0.1) is 0 Å². The molecule has 11 unspecified atom stereocenters. The van der Waals surface area contributed by atoms with Crippen molar-refractivity contribution in [1.29, 1.82) is 0 Å². The third-order valence-electron chi connectivity index (χ3n) is 8.28. The maximum atomic E-state index is 12.9. The average Bonchev–Trinajstić information content (AvgIpc) is 3.21. The van der Waals surface area contributed by atoms with E-state index < -0.39 is 79.9 Å². The monoisotopic (exact) mass is 576 g/mol. The van der Waals surface area contributed by atoms with Crippen LogP contribution < -0.4 is 0 Å². The van der Waals surface area contributed by atoms with Crippen molar-refractivity contribution in [2.75, 3.05) is 26.4 Å². The zero-order valence-electron chi connectivity index (χ0n) is 22.4. The number of carbonyl (C=O) groups excluding carboxylic acids is 1. The van der Waals surface area contributed by atoms with E-state index in [0.29, 0.717) is 6.42 Å². The number of rotatable bonds is 11. The molecule has 2 aliphatic heterocycles. The van der Waals surface area contributed by atoms with Gasteiger partial charge < -0.3 is 59.8 Å². The summed E-state index contributed by atoms with van der Waals surface area (Å²) in [6.07, 6.45) is -7.61. The van der Waals surface area contributed by atoms with Crippen LogP contribution in [-0.2, 0) is 28.5 Å². The van der Waals surface area contributed by atoms with Crippen LogP contribution in [0.2, 0.25) is 0 Å². The molecular formula is C26H40O14. The highest BCUT2D eigenvalue weighted by Gasteiger charge is 2.47. The van der Waals surface area contributed by atoms with Crippen molar-refractivity contribution in [2.45, 2.75) is 69.8 Å². The van der Waals surface area contributed by atoms with Gasteiger partial charge in [-0.2, -0.15) is 0 Å². The second kappa shape index (κ2) is 14.2. The highest BCUT2D eigenvalue weighted by molar-refractivity contribution is 5.89. The summed E-state index contributed by atoms with van der Waals surface area (Å²) in [4.78, 5) is 24.9. The first-order chi connectivity index (χ1) is 19.0. The van der Waals surface area contributed by atoms with Crippen molar-refractivity contribution < 1.29 is 69.4 Å². The fourth-order valence-corrected chi connectivity index (χ4v) is 5.72. The molecule has 0 spiro atoms. The lowest BCUT2D eigenvalue weighted by Gasteiger charge is -2.41. The minimum atomic E-state index is -1.73. The standard InChI is InChI=1S/C26H40O14/c1-3-13-15(5-20(31)37-9-16-11(2)18(30)4-14(16)12(6-27)7-28)17(24(35)36)10-38-25(13)40-26-23(34)22(33)21(32)19(8-29)39-26/h3,10-12,14-16,18-19,21-23,25-30,32-34H,4-9H2,1-2H3,(H,35,36). The molecule has 2 fully saturated rings. The number of hydrogen-bond donors (Lipinski definition) is 8. The zero-order chi connectivity index (χ0) is 29.7. The maximum Gasteiger partial charge on any atom is 0.335 e. The van der Waals surface area contributed by atoms with Crippen LogP contribution in [0.4, 0.5) is 0 Å². The predicted octanol–water partition coefficient (Wildman–Crippen LogP) is -2.14. The van der Waals surface area contributed by atoms with Crippen molar-refractivity contribution >= 4 is 11.9 Å². The van der Waals surface area contributed by atoms with Crippen LogP contribution in [0.3, 0.4) is 0 Å². The Balaban J connectivity index is 1.72. The lowest BCUT2D eigenvalue weighted by molar-refractivity contribution is -0.327. The van der Waals surface area contributed by atoms with Crippen LogP contribution in [0.25, 0.3) is 0 Å². The predicted molar refractivity (Wildman–Crippen MR) is 133 cm³/mol. The summed E-state index contributed by atoms with van der Waals surface area (Å²) in [5.41, 5.74) is -0.0705. The molecule has 2 heterocycles. The summed E-state index contributed by atoms with van der Waals surface area (Å²) in [5, 5.41) is 79.1. The van der Waals surface area contributed by atoms with Gasteiger partial charge in [0.1, 0.15) is 24.4 Å². The van der Waals surface area contributed by atoms with E-state index in [0.717, 1.165) is 6.26 Å². The van der Waals surface area contributed by atoms with Gasteiger partial charge >= 0.3 is 11.9 Å². The van der Waals surface area contributed by atoms with Gasteiger partial charge in [0.2, 0.25) is 6.29 Å². The number of carbonyl (C=O) groups is 2. The number of aliphatic carboxylic acids is 1. The van der Waals surface area contributed by atoms with E-state index in [9.17, 15) is 50.4 Å². The Morgan fingerprint density at radius 1 is 1.10 bits per heavy atom. The molecule has 8 N–H and O–H groups in total. The summed E-state index contributed by atoms with van der Waals surface area (Å²) in [6, 6.07) is 0. The van der Waals surface area contributed by atoms with E-state index in [4.69, 9.17) is 18.9 Å². The summed E-state index contributed by atoms with van der Waals surface area (Å²) in [5.74, 6) is -4.55. The highest BCUT2D eigenvalue weighted by Crippen LogP contribution is 2.42. The Labute approximate surface area is 231 Å². The second-order valence-corrected chi connectivity index (χ2v) is 10.5. The molecule has 40 heavy (non-hydrogen) atoms. The largest absolute Gasteiger partial charge is 0.478 e. The van der Waals surface area contributed by atoms with Crippen molar-refractivity contribution in [2.24, 2.45) is 29.6 Å². The quantitative estimate of drug-likeness (QED) is 0.0969. The molecule has 0 radical (unpaired) electrons. The van der Waals surface area contributed by atoms with Gasteiger partial charge in [0, 0.05) is 36.5 Å². The molecule has 11 atom stereocenters. The average molecular weight is 577 g/mol. The van der Waals surface area contributed by atoms with E-state index >= 15 is 0 Å². The zero-order valence-corrected chi connectivity index (χ0v) is 22.4. The summed E-state index contributed by atoms with van der Waals surface area (Å²) in [6.45, 7) is 1.97. The number of hydrogen-bond acceptors (Lipinski definition) is 13. The Kier molecular flexibility index (Phi) is 11.5.